The molecule has 1 saturated carbocycles. The quantitative estimate of drug-likeness (QED) is 0.733. The standard InChI is InChI=1S/C12H20N2O3/c1-8(13)10(15)14-5-4-12(7-14)3-2-9(6-12)11(16)17/h8-9H,2-7,13H2,1H3,(H,16,17)/t8-,9-,12+/m0/s1. The summed E-state index contributed by atoms with van der Waals surface area (Å²) in [5.41, 5.74) is 5.64. The maximum atomic E-state index is 11.8. The van der Waals surface area contributed by atoms with E-state index in [9.17, 15) is 9.59 Å². The number of carboxylic acid groups (broad SMARTS) is 1. The van der Waals surface area contributed by atoms with Crippen LogP contribution in [0.2, 0.25) is 0 Å². The van der Waals surface area contributed by atoms with E-state index in [-0.39, 0.29) is 17.2 Å². The summed E-state index contributed by atoms with van der Waals surface area (Å²) in [6.45, 7) is 3.12. The molecule has 3 atom stereocenters. The molecule has 5 heteroatoms. The second-order valence-corrected chi connectivity index (χ2v) is 5.58. The van der Waals surface area contributed by atoms with Crippen LogP contribution < -0.4 is 5.73 Å². The summed E-state index contributed by atoms with van der Waals surface area (Å²) in [6, 6.07) is -0.457. The lowest BCUT2D eigenvalue weighted by molar-refractivity contribution is -0.141. The Kier molecular flexibility index (Phi) is 3.12. The van der Waals surface area contributed by atoms with Crippen molar-refractivity contribution in [2.24, 2.45) is 17.1 Å². The predicted octanol–water partition coefficient (Wildman–Crippen LogP) is 0.437. The second kappa shape index (κ2) is 4.29. The number of carbonyl (C=O) groups excluding carboxylic acids is 1. The Morgan fingerprint density at radius 3 is 2.71 bits per heavy atom. The average Bonchev–Trinajstić information content (AvgIpc) is 2.86. The van der Waals surface area contributed by atoms with Crippen LogP contribution in [0, 0.1) is 11.3 Å². The minimum atomic E-state index is -0.696. The fraction of sp³-hybridized carbons (Fsp3) is 0.833. The van der Waals surface area contributed by atoms with Gasteiger partial charge in [0.15, 0.2) is 0 Å². The molecule has 17 heavy (non-hydrogen) atoms. The summed E-state index contributed by atoms with van der Waals surface area (Å²) in [4.78, 5) is 24.6. The zero-order chi connectivity index (χ0) is 12.6. The Hall–Kier alpha value is -1.10. The Labute approximate surface area is 101 Å². The molecule has 0 aromatic rings. The van der Waals surface area contributed by atoms with Crippen LogP contribution in [0.1, 0.15) is 32.6 Å². The van der Waals surface area contributed by atoms with E-state index in [1.54, 1.807) is 11.8 Å². The SMILES string of the molecule is C[C@H](N)C(=O)N1CC[C@@]2(CC[C@H](C(=O)O)C2)C1. The molecule has 0 unspecified atom stereocenters. The largest absolute Gasteiger partial charge is 0.481 e. The molecule has 0 aromatic heterocycles. The van der Waals surface area contributed by atoms with Crippen molar-refractivity contribution in [1.29, 1.82) is 0 Å². The van der Waals surface area contributed by atoms with Crippen molar-refractivity contribution >= 4 is 11.9 Å². The lowest BCUT2D eigenvalue weighted by Gasteiger charge is -2.24. The summed E-state index contributed by atoms with van der Waals surface area (Å²) >= 11 is 0. The molecule has 2 aliphatic rings. The molecule has 0 radical (unpaired) electrons. The maximum Gasteiger partial charge on any atom is 0.306 e. The van der Waals surface area contributed by atoms with E-state index in [1.165, 1.54) is 0 Å². The second-order valence-electron chi connectivity index (χ2n) is 5.58. The van der Waals surface area contributed by atoms with Crippen molar-refractivity contribution < 1.29 is 14.7 Å². The molecular weight excluding hydrogens is 220 g/mol. The highest BCUT2D eigenvalue weighted by Crippen LogP contribution is 2.48. The molecular formula is C12H20N2O3. The van der Waals surface area contributed by atoms with Gasteiger partial charge in [0.2, 0.25) is 5.91 Å². The zero-order valence-corrected chi connectivity index (χ0v) is 10.2. The molecule has 0 aromatic carbocycles. The molecule has 2 fully saturated rings. The van der Waals surface area contributed by atoms with Gasteiger partial charge in [-0.1, -0.05) is 0 Å². The lowest BCUT2D eigenvalue weighted by Crippen LogP contribution is -2.41. The topological polar surface area (TPSA) is 83.6 Å². The first-order chi connectivity index (χ1) is 7.93. The van der Waals surface area contributed by atoms with Crippen LogP contribution in [-0.4, -0.2) is 41.0 Å². The van der Waals surface area contributed by atoms with Crippen molar-refractivity contribution in [2.75, 3.05) is 13.1 Å². The van der Waals surface area contributed by atoms with Crippen LogP contribution >= 0.6 is 0 Å². The molecule has 96 valence electrons. The van der Waals surface area contributed by atoms with Gasteiger partial charge < -0.3 is 15.7 Å². The smallest absolute Gasteiger partial charge is 0.306 e. The molecule has 5 nitrogen and oxygen atoms in total. The highest BCUT2D eigenvalue weighted by atomic mass is 16.4. The van der Waals surface area contributed by atoms with Crippen molar-refractivity contribution in [1.82, 2.24) is 4.90 Å². The number of nitrogens with two attached hydrogens (primary N) is 1. The molecule has 1 spiro atoms. The van der Waals surface area contributed by atoms with E-state index in [0.29, 0.717) is 13.0 Å². The van der Waals surface area contributed by atoms with Crippen molar-refractivity contribution in [3.05, 3.63) is 0 Å². The van der Waals surface area contributed by atoms with Crippen molar-refractivity contribution in [3.63, 3.8) is 0 Å². The summed E-state index contributed by atoms with van der Waals surface area (Å²) in [5.74, 6) is -0.931. The predicted molar refractivity (Wildman–Crippen MR) is 62.3 cm³/mol. The van der Waals surface area contributed by atoms with Crippen molar-refractivity contribution in [2.45, 2.75) is 38.6 Å². The highest BCUT2D eigenvalue weighted by Gasteiger charge is 2.47. The number of carbonyl (C=O) groups is 2. The first-order valence-corrected chi connectivity index (χ1v) is 6.21. The molecule has 2 rings (SSSR count). The van der Waals surface area contributed by atoms with Gasteiger partial charge >= 0.3 is 5.97 Å². The van der Waals surface area contributed by atoms with Crippen LogP contribution in [0.25, 0.3) is 0 Å². The summed E-state index contributed by atoms with van der Waals surface area (Å²) in [7, 11) is 0. The normalized spacial score (nSPS) is 34.2. The molecule has 1 amide bonds. The fourth-order valence-corrected chi connectivity index (χ4v) is 3.20. The van der Waals surface area contributed by atoms with E-state index >= 15 is 0 Å². The third-order valence-corrected chi connectivity index (χ3v) is 4.19. The van der Waals surface area contributed by atoms with E-state index < -0.39 is 12.0 Å². The van der Waals surface area contributed by atoms with E-state index in [2.05, 4.69) is 0 Å². The van der Waals surface area contributed by atoms with Gasteiger partial charge in [-0.05, 0) is 38.0 Å². The summed E-state index contributed by atoms with van der Waals surface area (Å²) in [5, 5.41) is 9.02. The Morgan fingerprint density at radius 2 is 2.18 bits per heavy atom. The van der Waals surface area contributed by atoms with Gasteiger partial charge in [0.1, 0.15) is 0 Å². The number of carboxylic acids is 1. The minimum absolute atomic E-state index is 0.0133. The monoisotopic (exact) mass is 240 g/mol. The number of likely N-dealkylation sites (tertiary alicyclic amines) is 1. The van der Waals surface area contributed by atoms with Gasteiger partial charge in [-0.25, -0.2) is 0 Å². The fourth-order valence-electron chi connectivity index (χ4n) is 3.20. The van der Waals surface area contributed by atoms with Crippen molar-refractivity contribution in [3.8, 4) is 0 Å². The number of nitrogens with zero attached hydrogens (tertiary/aromatic N) is 1. The molecule has 1 aliphatic heterocycles. The van der Waals surface area contributed by atoms with Gasteiger partial charge in [-0.2, -0.15) is 0 Å². The van der Waals surface area contributed by atoms with Gasteiger partial charge in [-0.15, -0.1) is 0 Å². The Bertz CT molecular complexity index is 343. The molecule has 3 N–H and O–H groups in total. The number of rotatable bonds is 2. The number of hydrogen-bond donors (Lipinski definition) is 2. The summed E-state index contributed by atoms with van der Waals surface area (Å²) in [6.07, 6.45) is 3.31. The highest BCUT2D eigenvalue weighted by molar-refractivity contribution is 5.81. The molecule has 1 saturated heterocycles. The zero-order valence-electron chi connectivity index (χ0n) is 10.2. The number of hydrogen-bond acceptors (Lipinski definition) is 3. The number of aliphatic carboxylic acids is 1. The average molecular weight is 240 g/mol. The maximum absolute atomic E-state index is 11.8. The van der Waals surface area contributed by atoms with Gasteiger partial charge in [0, 0.05) is 13.1 Å². The first kappa shape index (κ1) is 12.4. The lowest BCUT2D eigenvalue weighted by atomic mass is 9.84. The van der Waals surface area contributed by atoms with Crippen LogP contribution in [0.3, 0.4) is 0 Å². The van der Waals surface area contributed by atoms with E-state index in [0.717, 1.165) is 25.8 Å². The van der Waals surface area contributed by atoms with Gasteiger partial charge in [0.25, 0.3) is 0 Å². The van der Waals surface area contributed by atoms with E-state index in [1.807, 2.05) is 0 Å². The van der Waals surface area contributed by atoms with Crippen LogP contribution in [-0.2, 0) is 9.59 Å². The van der Waals surface area contributed by atoms with Crippen LogP contribution in [0.5, 0.6) is 0 Å². The number of amides is 1. The Balaban J connectivity index is 1.98. The third-order valence-electron chi connectivity index (χ3n) is 4.19. The summed E-state index contributed by atoms with van der Waals surface area (Å²) < 4.78 is 0. The van der Waals surface area contributed by atoms with Crippen LogP contribution in [0.4, 0.5) is 0 Å². The first-order valence-electron chi connectivity index (χ1n) is 6.21. The molecule has 1 heterocycles. The van der Waals surface area contributed by atoms with E-state index in [4.69, 9.17) is 10.8 Å². The Morgan fingerprint density at radius 1 is 1.47 bits per heavy atom. The van der Waals surface area contributed by atoms with Gasteiger partial charge in [0.05, 0.1) is 12.0 Å². The third kappa shape index (κ3) is 2.29. The molecule has 0 bridgehead atoms. The van der Waals surface area contributed by atoms with Crippen LogP contribution in [0.15, 0.2) is 0 Å². The molecule has 1 aliphatic carbocycles. The van der Waals surface area contributed by atoms with Gasteiger partial charge in [-0.3, -0.25) is 9.59 Å². The minimum Gasteiger partial charge on any atom is -0.481 e.